The second kappa shape index (κ2) is 6.57. The third-order valence-electron chi connectivity index (χ3n) is 4.15. The van der Waals surface area contributed by atoms with Gasteiger partial charge in [-0.25, -0.2) is 9.79 Å². The molecule has 3 amide bonds. The van der Waals surface area contributed by atoms with Crippen LogP contribution in [0.2, 0.25) is 5.02 Å². The Bertz CT molecular complexity index is 739. The molecule has 0 radical (unpaired) electrons. The van der Waals surface area contributed by atoms with Gasteiger partial charge in [-0.1, -0.05) is 35.9 Å². The molecule has 2 aliphatic heterocycles. The molecule has 2 unspecified atom stereocenters. The number of likely N-dealkylation sites (N-methyl/N-ethyl adjacent to an activating group) is 1. The van der Waals surface area contributed by atoms with Crippen molar-refractivity contribution in [3.8, 4) is 0 Å². The Kier molecular flexibility index (Phi) is 4.64. The number of rotatable bonds is 4. The number of carbonyl (C=O) groups is 2. The average molecular weight is 412 g/mol. The van der Waals surface area contributed by atoms with Gasteiger partial charge in [0.2, 0.25) is 0 Å². The highest BCUT2D eigenvalue weighted by atomic mass is 79.9. The fourth-order valence-corrected chi connectivity index (χ4v) is 3.67. The Balaban J connectivity index is 1.93. The minimum absolute atomic E-state index is 0.169. The summed E-state index contributed by atoms with van der Waals surface area (Å²) in [4.78, 5) is 34.1. The maximum Gasteiger partial charge on any atom is 0.328 e. The van der Waals surface area contributed by atoms with E-state index < -0.39 is 12.2 Å². The molecule has 0 aromatic heterocycles. The van der Waals surface area contributed by atoms with Crippen molar-refractivity contribution >= 4 is 44.2 Å². The van der Waals surface area contributed by atoms with Crippen LogP contribution in [0.1, 0.15) is 5.56 Å². The third-order valence-corrected chi connectivity index (χ3v) is 5.18. The predicted octanol–water partition coefficient (Wildman–Crippen LogP) is 2.68. The molecule has 24 heavy (non-hydrogen) atoms. The third kappa shape index (κ3) is 2.71. The lowest BCUT2D eigenvalue weighted by atomic mass is 10.1. The zero-order chi connectivity index (χ0) is 17.4. The highest BCUT2D eigenvalue weighted by Gasteiger charge is 2.51. The van der Waals surface area contributed by atoms with Crippen LogP contribution >= 0.6 is 27.5 Å². The van der Waals surface area contributed by atoms with E-state index in [0.717, 1.165) is 5.56 Å². The van der Waals surface area contributed by atoms with Crippen molar-refractivity contribution in [2.75, 3.05) is 13.6 Å². The average Bonchev–Trinajstić information content (AvgIpc) is 2.89. The van der Waals surface area contributed by atoms with E-state index in [1.165, 1.54) is 15.9 Å². The molecule has 1 aromatic carbocycles. The van der Waals surface area contributed by atoms with E-state index in [1.807, 2.05) is 23.1 Å². The van der Waals surface area contributed by atoms with Gasteiger partial charge in [0.15, 0.2) is 17.0 Å². The van der Waals surface area contributed by atoms with Gasteiger partial charge >= 0.3 is 6.03 Å². The number of amidine groups is 1. The largest absolute Gasteiger partial charge is 0.331 e. The fraction of sp³-hybridized carbons (Fsp3) is 0.312. The van der Waals surface area contributed by atoms with E-state index in [0.29, 0.717) is 16.3 Å². The zero-order valence-corrected chi connectivity index (χ0v) is 15.4. The number of benzene rings is 1. The van der Waals surface area contributed by atoms with Crippen molar-refractivity contribution in [3.63, 3.8) is 0 Å². The Morgan fingerprint density at radius 2 is 2.08 bits per heavy atom. The molecule has 0 N–H and O–H groups in total. The topological polar surface area (TPSA) is 56.2 Å². The van der Waals surface area contributed by atoms with E-state index in [1.54, 1.807) is 13.1 Å². The van der Waals surface area contributed by atoms with Crippen LogP contribution in [0.4, 0.5) is 4.79 Å². The normalized spacial score (nSPS) is 23.5. The summed E-state index contributed by atoms with van der Waals surface area (Å²) in [6.07, 6.45) is 0.982. The van der Waals surface area contributed by atoms with Gasteiger partial charge in [0.1, 0.15) is 0 Å². The number of fused-ring (bicyclic) bond motifs is 1. The van der Waals surface area contributed by atoms with E-state index in [-0.39, 0.29) is 18.5 Å². The van der Waals surface area contributed by atoms with Gasteiger partial charge in [0.05, 0.1) is 0 Å². The van der Waals surface area contributed by atoms with Crippen molar-refractivity contribution in [1.82, 2.24) is 14.7 Å². The van der Waals surface area contributed by atoms with Crippen molar-refractivity contribution < 1.29 is 9.59 Å². The van der Waals surface area contributed by atoms with Crippen LogP contribution in [-0.2, 0) is 11.3 Å². The molecule has 0 bridgehead atoms. The number of imide groups is 1. The smallest absolute Gasteiger partial charge is 0.328 e. The lowest BCUT2D eigenvalue weighted by Gasteiger charge is -2.41. The Morgan fingerprint density at radius 1 is 1.38 bits per heavy atom. The minimum Gasteiger partial charge on any atom is -0.331 e. The van der Waals surface area contributed by atoms with Gasteiger partial charge in [-0.15, -0.1) is 6.58 Å². The molecule has 1 fully saturated rings. The summed E-state index contributed by atoms with van der Waals surface area (Å²) in [5.74, 6) is -0.284. The maximum atomic E-state index is 12.8. The SMILES string of the molecule is C=CCN1C(=O)C2C(N=C(Br)N2Cc2ccccc2Cl)N(C)C1=O. The standard InChI is InChI=1S/C16H16BrClN4O2/c1-3-8-21-14(23)12-13(20(2)16(21)24)19-15(17)22(12)9-10-6-4-5-7-11(10)18/h3-7,12-13H,1,8-9H2,2H3. The van der Waals surface area contributed by atoms with Crippen molar-refractivity contribution in [1.29, 1.82) is 0 Å². The van der Waals surface area contributed by atoms with Gasteiger partial charge < -0.3 is 9.80 Å². The Hall–Kier alpha value is -1.86. The zero-order valence-electron chi connectivity index (χ0n) is 13.0. The van der Waals surface area contributed by atoms with E-state index in [4.69, 9.17) is 11.6 Å². The summed E-state index contributed by atoms with van der Waals surface area (Å²) < 4.78 is 0.533. The molecule has 0 aliphatic carbocycles. The predicted molar refractivity (Wildman–Crippen MR) is 96.0 cm³/mol. The van der Waals surface area contributed by atoms with Gasteiger partial charge in [-0.05, 0) is 27.6 Å². The van der Waals surface area contributed by atoms with Gasteiger partial charge in [-0.3, -0.25) is 9.69 Å². The monoisotopic (exact) mass is 410 g/mol. The lowest BCUT2D eigenvalue weighted by molar-refractivity contribution is -0.137. The van der Waals surface area contributed by atoms with Gasteiger partial charge in [-0.2, -0.15) is 0 Å². The van der Waals surface area contributed by atoms with Crippen LogP contribution in [0.3, 0.4) is 0 Å². The molecular weight excluding hydrogens is 396 g/mol. The first-order chi connectivity index (χ1) is 11.5. The summed E-state index contributed by atoms with van der Waals surface area (Å²) in [6, 6.07) is 6.49. The molecule has 126 valence electrons. The van der Waals surface area contributed by atoms with E-state index in [9.17, 15) is 9.59 Å². The van der Waals surface area contributed by atoms with Crippen LogP contribution in [0.5, 0.6) is 0 Å². The lowest BCUT2D eigenvalue weighted by Crippen LogP contribution is -2.64. The van der Waals surface area contributed by atoms with Crippen molar-refractivity contribution in [2.24, 2.45) is 4.99 Å². The maximum absolute atomic E-state index is 12.8. The summed E-state index contributed by atoms with van der Waals surface area (Å²) in [7, 11) is 1.64. The Labute approximate surface area is 153 Å². The van der Waals surface area contributed by atoms with Crippen molar-refractivity contribution in [3.05, 3.63) is 47.5 Å². The molecule has 0 spiro atoms. The number of carbonyl (C=O) groups excluding carboxylic acids is 2. The van der Waals surface area contributed by atoms with Crippen LogP contribution in [0, 0.1) is 0 Å². The second-order valence-corrected chi connectivity index (χ2v) is 6.72. The second-order valence-electron chi connectivity index (χ2n) is 5.61. The minimum atomic E-state index is -0.585. The number of amides is 3. The number of urea groups is 1. The quantitative estimate of drug-likeness (QED) is 0.565. The van der Waals surface area contributed by atoms with Crippen LogP contribution in [0.15, 0.2) is 41.9 Å². The molecule has 8 heteroatoms. The van der Waals surface area contributed by atoms with Crippen molar-refractivity contribution in [2.45, 2.75) is 18.8 Å². The number of hydrogen-bond donors (Lipinski definition) is 0. The fourth-order valence-electron chi connectivity index (χ4n) is 2.92. The number of nitrogens with zero attached hydrogens (tertiary/aromatic N) is 4. The molecule has 1 aromatic rings. The van der Waals surface area contributed by atoms with Crippen LogP contribution < -0.4 is 0 Å². The molecular formula is C16H16BrClN4O2. The molecule has 6 nitrogen and oxygen atoms in total. The summed E-state index contributed by atoms with van der Waals surface area (Å²) in [5, 5.41) is 0.622. The number of hydrogen-bond acceptors (Lipinski definition) is 4. The van der Waals surface area contributed by atoms with Crippen LogP contribution in [0.25, 0.3) is 0 Å². The Morgan fingerprint density at radius 3 is 2.75 bits per heavy atom. The van der Waals surface area contributed by atoms with Crippen LogP contribution in [-0.4, -0.2) is 57.2 Å². The highest BCUT2D eigenvalue weighted by Crippen LogP contribution is 2.31. The molecule has 1 saturated heterocycles. The summed E-state index contributed by atoms with van der Waals surface area (Å²) in [6.45, 7) is 4.20. The number of halogens is 2. The molecule has 2 atom stereocenters. The number of aliphatic imine (C=N–C) groups is 1. The van der Waals surface area contributed by atoms with Gasteiger partial charge in [0, 0.05) is 25.2 Å². The molecule has 3 rings (SSSR count). The first-order valence-electron chi connectivity index (χ1n) is 7.38. The first-order valence-corrected chi connectivity index (χ1v) is 8.55. The molecule has 2 aliphatic rings. The highest BCUT2D eigenvalue weighted by molar-refractivity contribution is 9.18. The van der Waals surface area contributed by atoms with Gasteiger partial charge in [0.25, 0.3) is 5.91 Å². The van der Waals surface area contributed by atoms with E-state index >= 15 is 0 Å². The molecule has 2 heterocycles. The van der Waals surface area contributed by atoms with E-state index in [2.05, 4.69) is 27.5 Å². The molecule has 0 saturated carbocycles. The summed E-state index contributed by atoms with van der Waals surface area (Å²) in [5.41, 5.74) is 0.884. The summed E-state index contributed by atoms with van der Waals surface area (Å²) >= 11 is 9.65. The first kappa shape index (κ1) is 17.0.